The molecule has 0 saturated heterocycles. The van der Waals surface area contributed by atoms with E-state index in [9.17, 15) is 0 Å². The summed E-state index contributed by atoms with van der Waals surface area (Å²) in [6.45, 7) is 0.753. The Hall–Kier alpha value is -2.28. The van der Waals surface area contributed by atoms with Crippen molar-refractivity contribution in [1.29, 1.82) is 0 Å². The van der Waals surface area contributed by atoms with Gasteiger partial charge in [-0.3, -0.25) is 0 Å². The summed E-state index contributed by atoms with van der Waals surface area (Å²) < 4.78 is 5.94. The molecule has 0 aliphatic heterocycles. The summed E-state index contributed by atoms with van der Waals surface area (Å²) in [4.78, 5) is 0. The zero-order valence-corrected chi connectivity index (χ0v) is 11.5. The largest absolute Gasteiger partial charge is 0.493 e. The van der Waals surface area contributed by atoms with E-state index in [4.69, 9.17) is 4.74 Å². The Kier molecular flexibility index (Phi) is 3.98. The minimum Gasteiger partial charge on any atom is -0.493 e. The van der Waals surface area contributed by atoms with E-state index < -0.39 is 0 Å². The number of ether oxygens (including phenoxy) is 1. The van der Waals surface area contributed by atoms with Gasteiger partial charge in [0.15, 0.2) is 0 Å². The van der Waals surface area contributed by atoms with Crippen LogP contribution in [0.25, 0.3) is 10.8 Å². The maximum atomic E-state index is 5.94. The number of fused-ring (bicyclic) bond motifs is 1. The van der Waals surface area contributed by atoms with Gasteiger partial charge in [-0.05, 0) is 29.9 Å². The number of hydrogen-bond acceptors (Lipinski definition) is 1. The highest BCUT2D eigenvalue weighted by atomic mass is 16.5. The average molecular weight is 262 g/mol. The highest BCUT2D eigenvalue weighted by Gasteiger charge is 2.00. The van der Waals surface area contributed by atoms with Gasteiger partial charge in [0.1, 0.15) is 5.75 Å². The lowest BCUT2D eigenvalue weighted by atomic mass is 10.1. The minimum absolute atomic E-state index is 0.753. The summed E-state index contributed by atoms with van der Waals surface area (Å²) in [6.07, 6.45) is 2.10. The van der Waals surface area contributed by atoms with Crippen LogP contribution in [0.15, 0.2) is 72.8 Å². The van der Waals surface area contributed by atoms with Gasteiger partial charge in [0.05, 0.1) is 6.61 Å². The number of aryl methyl sites for hydroxylation is 1. The lowest BCUT2D eigenvalue weighted by Crippen LogP contribution is -1.99. The molecule has 0 atom stereocenters. The molecule has 3 rings (SSSR count). The van der Waals surface area contributed by atoms with Gasteiger partial charge in [-0.25, -0.2) is 0 Å². The Morgan fingerprint density at radius 3 is 2.35 bits per heavy atom. The molecule has 0 unspecified atom stereocenters. The SMILES string of the molecule is c1ccc(CCCOc2cccc3ccccc23)cc1. The van der Waals surface area contributed by atoms with Crippen LogP contribution in [-0.4, -0.2) is 6.61 Å². The molecule has 1 heteroatoms. The van der Waals surface area contributed by atoms with Crippen LogP contribution < -0.4 is 4.74 Å². The van der Waals surface area contributed by atoms with E-state index in [0.29, 0.717) is 0 Å². The topological polar surface area (TPSA) is 9.23 Å². The highest BCUT2D eigenvalue weighted by molar-refractivity contribution is 5.88. The molecule has 0 aromatic heterocycles. The second kappa shape index (κ2) is 6.25. The molecule has 3 aromatic carbocycles. The third-order valence-corrected chi connectivity index (χ3v) is 3.46. The molecule has 0 N–H and O–H groups in total. The second-order valence-electron chi connectivity index (χ2n) is 4.91. The van der Waals surface area contributed by atoms with Crippen LogP contribution in [0.2, 0.25) is 0 Å². The fourth-order valence-electron chi connectivity index (χ4n) is 2.42. The fourth-order valence-corrected chi connectivity index (χ4v) is 2.42. The summed E-state index contributed by atoms with van der Waals surface area (Å²) >= 11 is 0. The first-order chi connectivity index (χ1) is 9.93. The zero-order chi connectivity index (χ0) is 13.6. The molecule has 0 fully saturated rings. The second-order valence-corrected chi connectivity index (χ2v) is 4.91. The van der Waals surface area contributed by atoms with Crippen molar-refractivity contribution in [2.75, 3.05) is 6.61 Å². The predicted molar refractivity (Wildman–Crippen MR) is 84.2 cm³/mol. The highest BCUT2D eigenvalue weighted by Crippen LogP contribution is 2.25. The van der Waals surface area contributed by atoms with Crippen molar-refractivity contribution in [3.63, 3.8) is 0 Å². The Bertz CT molecular complexity index is 668. The van der Waals surface area contributed by atoms with Crippen molar-refractivity contribution < 1.29 is 4.74 Å². The Labute approximate surface area is 119 Å². The maximum Gasteiger partial charge on any atom is 0.127 e. The molecule has 0 bridgehead atoms. The summed E-state index contributed by atoms with van der Waals surface area (Å²) in [7, 11) is 0. The van der Waals surface area contributed by atoms with Crippen LogP contribution in [0.1, 0.15) is 12.0 Å². The maximum absolute atomic E-state index is 5.94. The summed E-state index contributed by atoms with van der Waals surface area (Å²) in [6, 6.07) is 25.1. The molecule has 0 aliphatic carbocycles. The van der Waals surface area contributed by atoms with Crippen molar-refractivity contribution in [3.05, 3.63) is 78.4 Å². The molecule has 0 aliphatic rings. The minimum atomic E-state index is 0.753. The van der Waals surface area contributed by atoms with Crippen molar-refractivity contribution in [2.45, 2.75) is 12.8 Å². The third kappa shape index (κ3) is 3.00. The summed E-state index contributed by atoms with van der Waals surface area (Å²) in [5.74, 6) is 0.983. The molecule has 0 radical (unpaired) electrons. The summed E-state index contributed by atoms with van der Waals surface area (Å²) in [5.41, 5.74) is 1.37. The first-order valence-corrected chi connectivity index (χ1v) is 7.08. The van der Waals surface area contributed by atoms with Gasteiger partial charge in [-0.2, -0.15) is 0 Å². The van der Waals surface area contributed by atoms with E-state index in [1.165, 1.54) is 16.3 Å². The van der Waals surface area contributed by atoms with E-state index in [-0.39, 0.29) is 0 Å². The molecule has 0 heterocycles. The van der Waals surface area contributed by atoms with E-state index in [0.717, 1.165) is 25.2 Å². The zero-order valence-electron chi connectivity index (χ0n) is 11.5. The number of benzene rings is 3. The van der Waals surface area contributed by atoms with E-state index in [2.05, 4.69) is 66.7 Å². The van der Waals surface area contributed by atoms with Gasteiger partial charge >= 0.3 is 0 Å². The molecule has 20 heavy (non-hydrogen) atoms. The van der Waals surface area contributed by atoms with Gasteiger partial charge in [-0.1, -0.05) is 66.7 Å². The van der Waals surface area contributed by atoms with Crippen LogP contribution in [-0.2, 0) is 6.42 Å². The molecular weight excluding hydrogens is 244 g/mol. The van der Waals surface area contributed by atoms with Crippen molar-refractivity contribution in [3.8, 4) is 5.75 Å². The van der Waals surface area contributed by atoms with Crippen molar-refractivity contribution in [2.24, 2.45) is 0 Å². The van der Waals surface area contributed by atoms with Crippen LogP contribution >= 0.6 is 0 Å². The number of hydrogen-bond donors (Lipinski definition) is 0. The van der Waals surface area contributed by atoms with E-state index >= 15 is 0 Å². The van der Waals surface area contributed by atoms with Gasteiger partial charge in [0, 0.05) is 5.39 Å². The van der Waals surface area contributed by atoms with Crippen LogP contribution in [0, 0.1) is 0 Å². The van der Waals surface area contributed by atoms with E-state index in [1.807, 2.05) is 6.07 Å². The van der Waals surface area contributed by atoms with E-state index in [1.54, 1.807) is 0 Å². The first-order valence-electron chi connectivity index (χ1n) is 7.08. The molecule has 0 amide bonds. The average Bonchev–Trinajstić information content (AvgIpc) is 2.53. The normalized spacial score (nSPS) is 10.6. The monoisotopic (exact) mass is 262 g/mol. The standard InChI is InChI=1S/C19H18O/c1-2-8-16(9-3-1)10-7-15-20-19-14-6-12-17-11-4-5-13-18(17)19/h1-6,8-9,11-14H,7,10,15H2. The number of rotatable bonds is 5. The molecular formula is C19H18O. The molecule has 0 saturated carbocycles. The summed E-state index contributed by atoms with van der Waals surface area (Å²) in [5, 5.41) is 2.42. The third-order valence-electron chi connectivity index (χ3n) is 3.46. The van der Waals surface area contributed by atoms with Crippen LogP contribution in [0.3, 0.4) is 0 Å². The molecule has 0 spiro atoms. The Morgan fingerprint density at radius 2 is 1.45 bits per heavy atom. The predicted octanol–water partition coefficient (Wildman–Crippen LogP) is 4.85. The molecule has 100 valence electrons. The van der Waals surface area contributed by atoms with Crippen LogP contribution in [0.4, 0.5) is 0 Å². The Morgan fingerprint density at radius 1 is 0.700 bits per heavy atom. The smallest absolute Gasteiger partial charge is 0.127 e. The molecule has 3 aromatic rings. The van der Waals surface area contributed by atoms with Crippen molar-refractivity contribution >= 4 is 10.8 Å². The molecule has 1 nitrogen and oxygen atoms in total. The quantitative estimate of drug-likeness (QED) is 0.597. The van der Waals surface area contributed by atoms with Crippen molar-refractivity contribution in [1.82, 2.24) is 0 Å². The van der Waals surface area contributed by atoms with Gasteiger partial charge in [0.2, 0.25) is 0 Å². The van der Waals surface area contributed by atoms with Gasteiger partial charge in [-0.15, -0.1) is 0 Å². The Balaban J connectivity index is 1.60. The van der Waals surface area contributed by atoms with Gasteiger partial charge < -0.3 is 4.74 Å². The first kappa shape index (κ1) is 12.7. The van der Waals surface area contributed by atoms with Crippen LogP contribution in [0.5, 0.6) is 5.75 Å². The lowest BCUT2D eigenvalue weighted by molar-refractivity contribution is 0.314. The fraction of sp³-hybridized carbons (Fsp3) is 0.158. The lowest BCUT2D eigenvalue weighted by Gasteiger charge is -2.09. The van der Waals surface area contributed by atoms with Gasteiger partial charge in [0.25, 0.3) is 0 Å².